The minimum atomic E-state index is -0.323. The van der Waals surface area contributed by atoms with Gasteiger partial charge in [-0.2, -0.15) is 0 Å². The van der Waals surface area contributed by atoms with E-state index in [9.17, 15) is 4.79 Å². The number of rotatable bonds is 3. The van der Waals surface area contributed by atoms with Gasteiger partial charge in [-0.3, -0.25) is 4.79 Å². The van der Waals surface area contributed by atoms with Crippen molar-refractivity contribution >= 4 is 62.0 Å². The number of hydrogen-bond donors (Lipinski definition) is 2. The molecule has 4 nitrogen and oxygen atoms in total. The molecule has 0 bridgehead atoms. The number of thiophene rings is 1. The van der Waals surface area contributed by atoms with Crippen LogP contribution in [0.25, 0.3) is 21.5 Å². The van der Waals surface area contributed by atoms with Crippen molar-refractivity contribution in [2.75, 3.05) is 11.1 Å². The molecule has 0 saturated carbocycles. The number of aromatic nitrogens is 1. The molecule has 0 atom stereocenters. The Morgan fingerprint density at radius 3 is 2.39 bits per heavy atom. The first-order chi connectivity index (χ1) is 13.4. The van der Waals surface area contributed by atoms with Gasteiger partial charge in [-0.1, -0.05) is 53.0 Å². The summed E-state index contributed by atoms with van der Waals surface area (Å²) in [5.41, 5.74) is 10.2. The molecule has 2 aromatic heterocycles. The van der Waals surface area contributed by atoms with Gasteiger partial charge in [0, 0.05) is 26.7 Å². The number of nitrogen functional groups attached to an aromatic ring is 1. The quantitative estimate of drug-likeness (QED) is 0.396. The lowest BCUT2D eigenvalue weighted by molar-refractivity contribution is 0.103. The number of hydrogen-bond acceptors (Lipinski definition) is 4. The normalized spacial score (nSPS) is 11.0. The zero-order valence-corrected chi connectivity index (χ0v) is 17.1. The van der Waals surface area contributed by atoms with Crippen LogP contribution < -0.4 is 11.1 Å². The molecule has 0 spiro atoms. The summed E-state index contributed by atoms with van der Waals surface area (Å²) in [6.45, 7) is 2.04. The molecule has 4 aromatic rings. The number of pyridine rings is 1. The highest BCUT2D eigenvalue weighted by molar-refractivity contribution is 7.21. The van der Waals surface area contributed by atoms with Crippen molar-refractivity contribution in [3.05, 3.63) is 75.1 Å². The van der Waals surface area contributed by atoms with Crippen LogP contribution in [0.1, 0.15) is 15.2 Å². The topological polar surface area (TPSA) is 68.0 Å². The van der Waals surface area contributed by atoms with Crippen LogP contribution in [-0.2, 0) is 0 Å². The van der Waals surface area contributed by atoms with Crippen LogP contribution in [0.5, 0.6) is 0 Å². The Labute approximate surface area is 175 Å². The number of benzene rings is 2. The van der Waals surface area contributed by atoms with Crippen LogP contribution in [-0.4, -0.2) is 10.9 Å². The first-order valence-electron chi connectivity index (χ1n) is 8.44. The SMILES string of the molecule is Cc1ccc(-c2ccc3c(N)c(C(=O)Nc4cc(Cl)cc(Cl)c4)sc3n2)cc1. The maximum atomic E-state index is 12.7. The summed E-state index contributed by atoms with van der Waals surface area (Å²) in [5.74, 6) is -0.323. The van der Waals surface area contributed by atoms with Crippen molar-refractivity contribution in [1.29, 1.82) is 0 Å². The summed E-state index contributed by atoms with van der Waals surface area (Å²) in [6.07, 6.45) is 0. The number of carbonyl (C=O) groups is 1. The molecule has 0 fully saturated rings. The van der Waals surface area contributed by atoms with Crippen LogP contribution in [0.15, 0.2) is 54.6 Å². The molecule has 2 heterocycles. The zero-order valence-electron chi connectivity index (χ0n) is 14.8. The molecule has 28 heavy (non-hydrogen) atoms. The largest absolute Gasteiger partial charge is 0.397 e. The van der Waals surface area contributed by atoms with Gasteiger partial charge in [-0.05, 0) is 37.3 Å². The maximum absolute atomic E-state index is 12.7. The second kappa shape index (κ2) is 7.43. The van der Waals surface area contributed by atoms with Crippen molar-refractivity contribution in [3.8, 4) is 11.3 Å². The molecule has 140 valence electrons. The van der Waals surface area contributed by atoms with Crippen LogP contribution in [0, 0.1) is 6.92 Å². The summed E-state index contributed by atoms with van der Waals surface area (Å²) < 4.78 is 0. The summed E-state index contributed by atoms with van der Waals surface area (Å²) in [5, 5.41) is 4.43. The highest BCUT2D eigenvalue weighted by Crippen LogP contribution is 2.35. The van der Waals surface area contributed by atoms with E-state index in [0.29, 0.717) is 31.1 Å². The predicted molar refractivity (Wildman–Crippen MR) is 119 cm³/mol. The van der Waals surface area contributed by atoms with E-state index in [1.165, 1.54) is 16.9 Å². The van der Waals surface area contributed by atoms with Gasteiger partial charge in [0.2, 0.25) is 0 Å². The number of amides is 1. The van der Waals surface area contributed by atoms with E-state index in [1.807, 2.05) is 43.3 Å². The minimum absolute atomic E-state index is 0.323. The summed E-state index contributed by atoms with van der Waals surface area (Å²) in [4.78, 5) is 18.5. The molecule has 0 saturated heterocycles. The Hall–Kier alpha value is -2.60. The summed E-state index contributed by atoms with van der Waals surface area (Å²) >= 11 is 13.2. The van der Waals surface area contributed by atoms with Crippen LogP contribution in [0.3, 0.4) is 0 Å². The Morgan fingerprint density at radius 2 is 1.71 bits per heavy atom. The first-order valence-corrected chi connectivity index (χ1v) is 10.0. The molecule has 7 heteroatoms. The van der Waals surface area contributed by atoms with Gasteiger partial charge in [0.1, 0.15) is 9.71 Å². The maximum Gasteiger partial charge on any atom is 0.267 e. The van der Waals surface area contributed by atoms with Gasteiger partial charge in [-0.15, -0.1) is 11.3 Å². The van der Waals surface area contributed by atoms with Crippen LogP contribution in [0.2, 0.25) is 10.0 Å². The molecule has 4 rings (SSSR count). The van der Waals surface area contributed by atoms with Crippen molar-refractivity contribution < 1.29 is 4.79 Å². The molecular weight excluding hydrogens is 413 g/mol. The highest BCUT2D eigenvalue weighted by Gasteiger charge is 2.18. The predicted octanol–water partition coefficient (Wildman–Crippen LogP) is 6.41. The Morgan fingerprint density at radius 1 is 1.04 bits per heavy atom. The van der Waals surface area contributed by atoms with Crippen LogP contribution >= 0.6 is 34.5 Å². The minimum Gasteiger partial charge on any atom is -0.397 e. The lowest BCUT2D eigenvalue weighted by Crippen LogP contribution is -2.11. The number of halogens is 2. The molecular formula is C21H15Cl2N3OS. The molecule has 0 unspecified atom stereocenters. The Kier molecular flexibility index (Phi) is 4.98. The highest BCUT2D eigenvalue weighted by atomic mass is 35.5. The Bertz CT molecular complexity index is 1180. The van der Waals surface area contributed by atoms with E-state index in [-0.39, 0.29) is 5.91 Å². The van der Waals surface area contributed by atoms with E-state index in [4.69, 9.17) is 33.9 Å². The number of aryl methyl sites for hydroxylation is 1. The monoisotopic (exact) mass is 427 g/mol. The lowest BCUT2D eigenvalue weighted by Gasteiger charge is -2.05. The van der Waals surface area contributed by atoms with Crippen molar-refractivity contribution in [2.24, 2.45) is 0 Å². The van der Waals surface area contributed by atoms with E-state index in [2.05, 4.69) is 5.32 Å². The van der Waals surface area contributed by atoms with Gasteiger partial charge in [0.15, 0.2) is 0 Å². The van der Waals surface area contributed by atoms with Gasteiger partial charge in [0.25, 0.3) is 5.91 Å². The van der Waals surface area contributed by atoms with E-state index >= 15 is 0 Å². The third-order valence-corrected chi connectivity index (χ3v) is 5.82. The molecule has 3 N–H and O–H groups in total. The van der Waals surface area contributed by atoms with E-state index in [0.717, 1.165) is 16.6 Å². The van der Waals surface area contributed by atoms with E-state index in [1.54, 1.807) is 18.2 Å². The molecule has 0 aliphatic rings. The first kappa shape index (κ1) is 18.7. The van der Waals surface area contributed by atoms with Gasteiger partial charge >= 0.3 is 0 Å². The van der Waals surface area contributed by atoms with Gasteiger partial charge in [0.05, 0.1) is 11.4 Å². The molecule has 0 radical (unpaired) electrons. The van der Waals surface area contributed by atoms with Crippen molar-refractivity contribution in [1.82, 2.24) is 4.98 Å². The molecule has 2 aromatic carbocycles. The number of nitrogens with one attached hydrogen (secondary N) is 1. The molecule has 0 aliphatic heterocycles. The Balaban J connectivity index is 1.68. The zero-order chi connectivity index (χ0) is 19.8. The number of anilines is 2. The second-order valence-electron chi connectivity index (χ2n) is 6.37. The molecule has 0 aliphatic carbocycles. The van der Waals surface area contributed by atoms with Gasteiger partial charge in [-0.25, -0.2) is 4.98 Å². The average molecular weight is 428 g/mol. The fourth-order valence-corrected chi connectivity index (χ4v) is 4.38. The smallest absolute Gasteiger partial charge is 0.267 e. The number of fused-ring (bicyclic) bond motifs is 1. The standard InChI is InChI=1S/C21H15Cl2N3OS/c1-11-2-4-12(5-3-11)17-7-6-16-18(24)19(28-21(16)26-17)20(27)25-15-9-13(22)8-14(23)10-15/h2-10H,24H2,1H3,(H,25,27). The number of nitrogens with two attached hydrogens (primary N) is 1. The average Bonchev–Trinajstić information content (AvgIpc) is 2.98. The fraction of sp³-hybridized carbons (Fsp3) is 0.0476. The van der Waals surface area contributed by atoms with Crippen molar-refractivity contribution in [3.63, 3.8) is 0 Å². The van der Waals surface area contributed by atoms with Crippen molar-refractivity contribution in [2.45, 2.75) is 6.92 Å². The van der Waals surface area contributed by atoms with Crippen LogP contribution in [0.4, 0.5) is 11.4 Å². The number of carbonyl (C=O) groups excluding carboxylic acids is 1. The van der Waals surface area contributed by atoms with E-state index < -0.39 is 0 Å². The van der Waals surface area contributed by atoms with Gasteiger partial charge < -0.3 is 11.1 Å². The summed E-state index contributed by atoms with van der Waals surface area (Å²) in [7, 11) is 0. The lowest BCUT2D eigenvalue weighted by atomic mass is 10.1. The third kappa shape index (κ3) is 3.69. The summed E-state index contributed by atoms with van der Waals surface area (Å²) in [6, 6.07) is 16.8. The molecule has 1 amide bonds. The fourth-order valence-electron chi connectivity index (χ4n) is 2.86. The number of nitrogens with zero attached hydrogens (tertiary/aromatic N) is 1. The second-order valence-corrected chi connectivity index (χ2v) is 8.24. The third-order valence-electron chi connectivity index (χ3n) is 4.27.